The number of nitro benzene ring substituents is 1. The molecule has 12 nitrogen and oxygen atoms in total. The third-order valence-corrected chi connectivity index (χ3v) is 14.0. The summed E-state index contributed by atoms with van der Waals surface area (Å²) in [7, 11) is -8.58. The third kappa shape index (κ3) is 5.44. The Hall–Kier alpha value is -3.31. The average molecular weight is 637 g/mol. The zero-order valence-corrected chi connectivity index (χ0v) is 25.5. The highest BCUT2D eigenvalue weighted by atomic mass is 32.2. The van der Waals surface area contributed by atoms with Gasteiger partial charge in [-0.25, -0.2) is 9.59 Å². The second-order valence-corrected chi connectivity index (χ2v) is 16.6. The molecule has 1 aromatic rings. The van der Waals surface area contributed by atoms with Crippen LogP contribution >= 0.6 is 0 Å². The Kier molecular flexibility index (Phi) is 9.01. The summed E-state index contributed by atoms with van der Waals surface area (Å²) in [5.41, 5.74) is -8.92. The summed E-state index contributed by atoms with van der Waals surface area (Å²) in [6, 6.07) is 5.00. The van der Waals surface area contributed by atoms with E-state index in [0.717, 1.165) is 47.3 Å². The molecule has 42 heavy (non-hydrogen) atoms. The minimum Gasteiger partial charge on any atom is -0.413 e. The minimum absolute atomic E-state index is 0.329. The van der Waals surface area contributed by atoms with E-state index in [1.165, 1.54) is 13.8 Å². The van der Waals surface area contributed by atoms with Crippen LogP contribution in [-0.4, -0.2) is 62.1 Å². The van der Waals surface area contributed by atoms with E-state index in [-0.39, 0.29) is 11.3 Å². The van der Waals surface area contributed by atoms with Crippen molar-refractivity contribution in [3.63, 3.8) is 0 Å². The van der Waals surface area contributed by atoms with Gasteiger partial charge in [-0.3, -0.25) is 19.8 Å². The highest BCUT2D eigenvalue weighted by molar-refractivity contribution is 7.87. The SMILES string of the molecule is CC[Si](CC)(CC)O[C@H](C)[C@@]1(C)C(=O)N2C(C(=O)OC(=O)c3ccc([N+](=O)[O-])cc3)=C(OS(=O)(=O)C(F)(F)F)[C@H](C)[C@@H]21. The van der Waals surface area contributed by atoms with Gasteiger partial charge in [0.05, 0.1) is 28.0 Å². The molecule has 1 saturated heterocycles. The predicted molar refractivity (Wildman–Crippen MR) is 142 cm³/mol. The number of nitrogens with zero attached hydrogens (tertiary/aromatic N) is 2. The first-order valence-electron chi connectivity index (χ1n) is 13.1. The van der Waals surface area contributed by atoms with E-state index in [1.807, 2.05) is 20.8 Å². The van der Waals surface area contributed by atoms with E-state index < -0.39 is 81.6 Å². The van der Waals surface area contributed by atoms with Crippen molar-refractivity contribution in [3.8, 4) is 0 Å². The molecule has 1 fully saturated rings. The maximum absolute atomic E-state index is 13.6. The van der Waals surface area contributed by atoms with Gasteiger partial charge in [-0.15, -0.1) is 0 Å². The molecular weight excluding hydrogens is 605 g/mol. The van der Waals surface area contributed by atoms with E-state index in [0.29, 0.717) is 0 Å². The Balaban J connectivity index is 2.02. The number of rotatable bonds is 11. The summed E-state index contributed by atoms with van der Waals surface area (Å²) < 4.78 is 79.5. The Morgan fingerprint density at radius 2 is 1.64 bits per heavy atom. The standard InChI is InChI=1S/C25H31F3N2O10SSi/c1-7-42(8-2,9-3)40-15(5)24(6)20-14(4)19(39-41(36,37)25(26,27)28)18(29(20)23(24)33)22(32)38-21(31)16-10-12-17(13-11-16)30(34)35/h10-15,20H,7-9H2,1-6H3/t14-,15+,20+,24+/m0/s1. The van der Waals surface area contributed by atoms with E-state index in [4.69, 9.17) is 9.16 Å². The van der Waals surface area contributed by atoms with Crippen molar-refractivity contribution >= 4 is 42.0 Å². The van der Waals surface area contributed by atoms with Crippen LogP contribution in [0, 0.1) is 21.4 Å². The molecule has 2 heterocycles. The van der Waals surface area contributed by atoms with Gasteiger partial charge in [0.1, 0.15) is 0 Å². The number of esters is 2. The van der Waals surface area contributed by atoms with Crippen LogP contribution in [0.1, 0.15) is 51.9 Å². The lowest BCUT2D eigenvalue weighted by atomic mass is 9.65. The Morgan fingerprint density at radius 3 is 2.10 bits per heavy atom. The van der Waals surface area contributed by atoms with Gasteiger partial charge < -0.3 is 13.3 Å². The summed E-state index contributed by atoms with van der Waals surface area (Å²) in [6.45, 7) is 10.3. The quantitative estimate of drug-likeness (QED) is 0.0490. The molecule has 4 atom stereocenters. The minimum atomic E-state index is -6.29. The van der Waals surface area contributed by atoms with Crippen LogP contribution in [0.15, 0.2) is 35.7 Å². The van der Waals surface area contributed by atoms with E-state index >= 15 is 0 Å². The number of nitro groups is 1. The fourth-order valence-electron chi connectivity index (χ4n) is 5.48. The van der Waals surface area contributed by atoms with Gasteiger partial charge >= 0.3 is 27.6 Å². The topological polar surface area (TPSA) is 159 Å². The first kappa shape index (κ1) is 33.2. The van der Waals surface area contributed by atoms with Crippen LogP contribution in [0.3, 0.4) is 0 Å². The first-order valence-corrected chi connectivity index (χ1v) is 17.0. The molecule has 2 aliphatic rings. The zero-order chi connectivity index (χ0) is 32.0. The Bertz CT molecular complexity index is 1420. The average Bonchev–Trinajstić information content (AvgIpc) is 3.19. The number of hydrogen-bond acceptors (Lipinski definition) is 10. The summed E-state index contributed by atoms with van der Waals surface area (Å²) >= 11 is 0. The number of β-lactam (4-membered cyclic amide) rings is 1. The molecule has 0 N–H and O–H groups in total. The maximum Gasteiger partial charge on any atom is 0.534 e. The van der Waals surface area contributed by atoms with Gasteiger partial charge in [0.15, 0.2) is 19.8 Å². The van der Waals surface area contributed by atoms with Crippen molar-refractivity contribution in [2.75, 3.05) is 0 Å². The molecule has 1 amide bonds. The molecule has 2 aliphatic heterocycles. The number of fused-ring (bicyclic) bond motifs is 1. The summed E-state index contributed by atoms with van der Waals surface area (Å²) in [5, 5.41) is 10.9. The van der Waals surface area contributed by atoms with Gasteiger partial charge in [0.25, 0.3) is 5.69 Å². The fourth-order valence-corrected chi connectivity index (χ4v) is 9.03. The maximum atomic E-state index is 13.6. The molecule has 0 radical (unpaired) electrons. The second-order valence-electron chi connectivity index (χ2n) is 10.4. The van der Waals surface area contributed by atoms with Crippen LogP contribution < -0.4 is 0 Å². The number of ether oxygens (including phenoxy) is 1. The van der Waals surface area contributed by atoms with Crippen molar-refractivity contribution in [2.45, 2.75) is 77.3 Å². The lowest BCUT2D eigenvalue weighted by molar-refractivity contribution is -0.384. The largest absolute Gasteiger partial charge is 0.534 e. The molecule has 3 rings (SSSR count). The van der Waals surface area contributed by atoms with Crippen LogP contribution in [0.4, 0.5) is 18.9 Å². The van der Waals surface area contributed by atoms with Gasteiger partial charge in [-0.05, 0) is 44.1 Å². The lowest BCUT2D eigenvalue weighted by Gasteiger charge is -2.56. The number of alkyl halides is 3. The van der Waals surface area contributed by atoms with Crippen molar-refractivity contribution < 1.29 is 54.2 Å². The molecular formula is C25H31F3N2O10SSi. The third-order valence-electron chi connectivity index (χ3n) is 8.31. The summed E-state index contributed by atoms with van der Waals surface area (Å²) in [5.74, 6) is -6.00. The highest BCUT2D eigenvalue weighted by Crippen LogP contribution is 2.56. The molecule has 1 aromatic carbocycles. The van der Waals surface area contributed by atoms with Crippen LogP contribution in [-0.2, 0) is 33.1 Å². The van der Waals surface area contributed by atoms with E-state index in [9.17, 15) is 46.1 Å². The summed E-state index contributed by atoms with van der Waals surface area (Å²) in [4.78, 5) is 50.3. The van der Waals surface area contributed by atoms with Gasteiger partial charge in [0.2, 0.25) is 5.91 Å². The van der Waals surface area contributed by atoms with Crippen LogP contribution in [0.25, 0.3) is 0 Å². The normalized spacial score (nSPS) is 23.3. The van der Waals surface area contributed by atoms with Crippen molar-refractivity contribution in [1.29, 1.82) is 0 Å². The van der Waals surface area contributed by atoms with Crippen molar-refractivity contribution in [1.82, 2.24) is 4.90 Å². The molecule has 232 valence electrons. The molecule has 0 spiro atoms. The molecule has 0 aromatic heterocycles. The monoisotopic (exact) mass is 636 g/mol. The van der Waals surface area contributed by atoms with Crippen molar-refractivity contribution in [2.24, 2.45) is 11.3 Å². The molecule has 0 bridgehead atoms. The number of benzene rings is 1. The highest BCUT2D eigenvalue weighted by Gasteiger charge is 2.70. The number of carbonyl (C=O) groups excluding carboxylic acids is 3. The van der Waals surface area contributed by atoms with E-state index in [1.54, 1.807) is 6.92 Å². The Labute approximate surface area is 241 Å². The predicted octanol–water partition coefficient (Wildman–Crippen LogP) is 4.63. The number of halogens is 3. The Morgan fingerprint density at radius 1 is 1.12 bits per heavy atom. The number of non-ortho nitro benzene ring substituents is 1. The molecule has 0 unspecified atom stereocenters. The first-order chi connectivity index (χ1) is 19.3. The molecule has 0 aliphatic carbocycles. The number of carbonyl (C=O) groups is 3. The fraction of sp³-hybridized carbons (Fsp3) is 0.560. The van der Waals surface area contributed by atoms with Crippen LogP contribution in [0.2, 0.25) is 18.1 Å². The lowest BCUT2D eigenvalue weighted by Crippen LogP contribution is -2.72. The number of hydrogen-bond donors (Lipinski definition) is 0. The van der Waals surface area contributed by atoms with Gasteiger partial charge in [-0.2, -0.15) is 21.6 Å². The van der Waals surface area contributed by atoms with Crippen LogP contribution in [0.5, 0.6) is 0 Å². The molecule has 17 heteroatoms. The van der Waals surface area contributed by atoms with Gasteiger partial charge in [-0.1, -0.05) is 27.7 Å². The zero-order valence-electron chi connectivity index (χ0n) is 23.7. The summed E-state index contributed by atoms with van der Waals surface area (Å²) in [6.07, 6.45) is -0.766. The molecule has 0 saturated carbocycles. The van der Waals surface area contributed by atoms with E-state index in [2.05, 4.69) is 4.18 Å². The second kappa shape index (κ2) is 11.4. The smallest absolute Gasteiger partial charge is 0.413 e. The van der Waals surface area contributed by atoms with Crippen molar-refractivity contribution in [3.05, 3.63) is 51.4 Å². The van der Waals surface area contributed by atoms with Gasteiger partial charge in [0, 0.05) is 18.1 Å². The number of amides is 1.